The van der Waals surface area contributed by atoms with Crippen molar-refractivity contribution in [1.82, 2.24) is 10.2 Å². The van der Waals surface area contributed by atoms with Crippen molar-refractivity contribution in [2.75, 3.05) is 43.4 Å². The van der Waals surface area contributed by atoms with Crippen LogP contribution in [0.3, 0.4) is 0 Å². The number of hydrogen-bond donors (Lipinski definition) is 3. The van der Waals surface area contributed by atoms with Gasteiger partial charge in [0.2, 0.25) is 10.0 Å². The standard InChI is InChI=1S/C29H45N3O5S2/c1-4-18-32(26-12-11-24-22-29(33)28(21-25(24)20-26)31-39(3,36)37)19-8-6-5-7-16-30-17-15-23-9-13-27(14-10-23)38(2,34)35/h9-10,13-14,21-22,26,30-31,33H,4-8,11-12,15-20H2,1-3H3/t26-/m1/s1. The number of aromatic hydroxyl groups is 1. The predicted octanol–water partition coefficient (Wildman–Crippen LogP) is 4.13. The van der Waals surface area contributed by atoms with Gasteiger partial charge in [0, 0.05) is 12.3 Å². The van der Waals surface area contributed by atoms with Crippen LogP contribution in [0.1, 0.15) is 62.1 Å². The van der Waals surface area contributed by atoms with Crippen molar-refractivity contribution in [3.8, 4) is 5.75 Å². The molecule has 2 aromatic carbocycles. The van der Waals surface area contributed by atoms with Crippen LogP contribution in [0.25, 0.3) is 0 Å². The van der Waals surface area contributed by atoms with E-state index in [1.54, 1.807) is 24.3 Å². The number of rotatable bonds is 16. The third-order valence-electron chi connectivity index (χ3n) is 7.33. The Balaban J connectivity index is 1.36. The van der Waals surface area contributed by atoms with E-state index in [0.29, 0.717) is 10.9 Å². The van der Waals surface area contributed by atoms with Gasteiger partial charge in [0.1, 0.15) is 5.75 Å². The lowest BCUT2D eigenvalue weighted by molar-refractivity contribution is 0.176. The fourth-order valence-electron chi connectivity index (χ4n) is 5.31. The van der Waals surface area contributed by atoms with Gasteiger partial charge in [0.15, 0.2) is 9.84 Å². The number of anilines is 1. The summed E-state index contributed by atoms with van der Waals surface area (Å²) in [6.07, 6.45) is 11.8. The van der Waals surface area contributed by atoms with Crippen LogP contribution in [0.15, 0.2) is 41.3 Å². The summed E-state index contributed by atoms with van der Waals surface area (Å²) in [5, 5.41) is 13.7. The van der Waals surface area contributed by atoms with Crippen LogP contribution >= 0.6 is 0 Å². The molecular weight excluding hydrogens is 534 g/mol. The Morgan fingerprint density at radius 3 is 2.31 bits per heavy atom. The van der Waals surface area contributed by atoms with Crippen molar-refractivity contribution < 1.29 is 21.9 Å². The first-order valence-electron chi connectivity index (χ1n) is 14.0. The maximum absolute atomic E-state index is 11.7. The highest BCUT2D eigenvalue weighted by Crippen LogP contribution is 2.33. The quantitative estimate of drug-likeness (QED) is 0.202. The van der Waals surface area contributed by atoms with Gasteiger partial charge >= 0.3 is 0 Å². The number of sulfone groups is 1. The normalized spacial score (nSPS) is 15.8. The van der Waals surface area contributed by atoms with E-state index in [9.17, 15) is 21.9 Å². The number of hydrogen-bond acceptors (Lipinski definition) is 7. The van der Waals surface area contributed by atoms with Gasteiger partial charge in [0.25, 0.3) is 0 Å². The average molecular weight is 580 g/mol. The number of nitrogens with zero attached hydrogens (tertiary/aromatic N) is 1. The molecule has 0 aromatic heterocycles. The van der Waals surface area contributed by atoms with Crippen molar-refractivity contribution in [3.05, 3.63) is 53.1 Å². The molecule has 3 N–H and O–H groups in total. The Bertz CT molecular complexity index is 1280. The van der Waals surface area contributed by atoms with Crippen LogP contribution < -0.4 is 10.0 Å². The highest BCUT2D eigenvalue weighted by Gasteiger charge is 2.25. The molecule has 1 aliphatic carbocycles. The van der Waals surface area contributed by atoms with E-state index in [4.69, 9.17) is 0 Å². The second-order valence-corrected chi connectivity index (χ2v) is 14.5. The molecule has 39 heavy (non-hydrogen) atoms. The molecule has 1 aliphatic rings. The van der Waals surface area contributed by atoms with Gasteiger partial charge < -0.3 is 15.3 Å². The minimum Gasteiger partial charge on any atom is -0.506 e. The Kier molecular flexibility index (Phi) is 11.7. The van der Waals surface area contributed by atoms with Gasteiger partial charge in [-0.2, -0.15) is 0 Å². The zero-order chi connectivity index (χ0) is 28.5. The monoisotopic (exact) mass is 579 g/mol. The largest absolute Gasteiger partial charge is 0.506 e. The molecule has 10 heteroatoms. The first-order chi connectivity index (χ1) is 18.5. The molecule has 1 atom stereocenters. The molecule has 0 aliphatic heterocycles. The van der Waals surface area contributed by atoms with E-state index in [2.05, 4.69) is 21.9 Å². The zero-order valence-electron chi connectivity index (χ0n) is 23.6. The smallest absolute Gasteiger partial charge is 0.229 e. The van der Waals surface area contributed by atoms with Crippen LogP contribution in [-0.2, 0) is 39.1 Å². The Morgan fingerprint density at radius 1 is 0.923 bits per heavy atom. The number of fused-ring (bicyclic) bond motifs is 1. The average Bonchev–Trinajstić information content (AvgIpc) is 2.86. The summed E-state index contributed by atoms with van der Waals surface area (Å²) in [6, 6.07) is 11.1. The Hall–Kier alpha value is -2.14. The SMILES string of the molecule is CCCN(CCCCCCNCCc1ccc(S(C)(=O)=O)cc1)[C@@H]1CCc2cc(O)c(NS(C)(=O)=O)cc2C1. The third-order valence-corrected chi connectivity index (χ3v) is 9.05. The highest BCUT2D eigenvalue weighted by molar-refractivity contribution is 7.92. The Labute approximate surface area is 235 Å². The van der Waals surface area contributed by atoms with E-state index < -0.39 is 19.9 Å². The summed E-state index contributed by atoms with van der Waals surface area (Å²) >= 11 is 0. The molecule has 0 bridgehead atoms. The molecule has 0 saturated carbocycles. The second-order valence-electron chi connectivity index (χ2n) is 10.8. The van der Waals surface area contributed by atoms with Crippen molar-refractivity contribution in [1.29, 1.82) is 0 Å². The van der Waals surface area contributed by atoms with E-state index >= 15 is 0 Å². The molecule has 0 saturated heterocycles. The molecule has 0 amide bonds. The van der Waals surface area contributed by atoms with Crippen LogP contribution in [0.5, 0.6) is 5.75 Å². The molecular formula is C29H45N3O5S2. The van der Waals surface area contributed by atoms with Crippen LogP contribution in [0.2, 0.25) is 0 Å². The molecule has 0 spiro atoms. The van der Waals surface area contributed by atoms with Crippen LogP contribution in [0.4, 0.5) is 5.69 Å². The predicted molar refractivity (Wildman–Crippen MR) is 159 cm³/mol. The molecule has 0 unspecified atom stereocenters. The first-order valence-corrected chi connectivity index (χ1v) is 17.8. The van der Waals surface area contributed by atoms with Gasteiger partial charge in [-0.05, 0) is 112 Å². The minimum absolute atomic E-state index is 0.0132. The van der Waals surface area contributed by atoms with Crippen LogP contribution in [0, 0.1) is 0 Å². The van der Waals surface area contributed by atoms with Gasteiger partial charge in [-0.15, -0.1) is 0 Å². The maximum Gasteiger partial charge on any atom is 0.229 e. The lowest BCUT2D eigenvalue weighted by Gasteiger charge is -2.35. The Morgan fingerprint density at radius 2 is 1.64 bits per heavy atom. The molecule has 218 valence electrons. The third kappa shape index (κ3) is 10.4. The van der Waals surface area contributed by atoms with Crippen LogP contribution in [-0.4, -0.2) is 71.6 Å². The molecule has 0 fully saturated rings. The summed E-state index contributed by atoms with van der Waals surface area (Å²) in [7, 11) is -6.60. The number of phenols is 1. The van der Waals surface area contributed by atoms with Crippen molar-refractivity contribution in [2.24, 2.45) is 0 Å². The summed E-state index contributed by atoms with van der Waals surface area (Å²) in [5.41, 5.74) is 3.62. The van der Waals surface area contributed by atoms with Gasteiger partial charge in [-0.1, -0.05) is 31.9 Å². The first kappa shape index (κ1) is 31.4. The number of benzene rings is 2. The van der Waals surface area contributed by atoms with Gasteiger partial charge in [-0.25, -0.2) is 16.8 Å². The molecule has 8 nitrogen and oxygen atoms in total. The van der Waals surface area contributed by atoms with E-state index in [1.807, 2.05) is 12.1 Å². The molecule has 3 rings (SSSR count). The topological polar surface area (TPSA) is 116 Å². The summed E-state index contributed by atoms with van der Waals surface area (Å²) < 4.78 is 48.9. The van der Waals surface area contributed by atoms with Crippen molar-refractivity contribution in [2.45, 2.75) is 75.6 Å². The highest BCUT2D eigenvalue weighted by atomic mass is 32.2. The second kappa shape index (κ2) is 14.5. The van der Waals surface area contributed by atoms with E-state index in [1.165, 1.54) is 19.1 Å². The minimum atomic E-state index is -3.45. The number of aryl methyl sites for hydroxylation is 1. The number of sulfonamides is 1. The molecule has 2 aromatic rings. The molecule has 0 radical (unpaired) electrons. The number of phenolic OH excluding ortho intramolecular Hbond substituents is 1. The zero-order valence-corrected chi connectivity index (χ0v) is 25.2. The van der Waals surface area contributed by atoms with Crippen molar-refractivity contribution in [3.63, 3.8) is 0 Å². The summed E-state index contributed by atoms with van der Waals surface area (Å²) in [6.45, 7) is 6.19. The van der Waals surface area contributed by atoms with E-state index in [0.717, 1.165) is 94.1 Å². The maximum atomic E-state index is 11.7. The lowest BCUT2D eigenvalue weighted by Crippen LogP contribution is -2.40. The number of nitrogens with one attached hydrogen (secondary N) is 2. The summed E-state index contributed by atoms with van der Waals surface area (Å²) in [5.74, 6) is -0.0132. The van der Waals surface area contributed by atoms with E-state index in [-0.39, 0.29) is 11.4 Å². The summed E-state index contributed by atoms with van der Waals surface area (Å²) in [4.78, 5) is 2.95. The molecule has 0 heterocycles. The fourth-order valence-corrected chi connectivity index (χ4v) is 6.51. The van der Waals surface area contributed by atoms with Crippen molar-refractivity contribution >= 4 is 25.5 Å². The fraction of sp³-hybridized carbons (Fsp3) is 0.586. The van der Waals surface area contributed by atoms with Gasteiger partial charge in [0.05, 0.1) is 16.8 Å². The number of unbranched alkanes of at least 4 members (excludes halogenated alkanes) is 3. The lowest BCUT2D eigenvalue weighted by atomic mass is 9.86. The van der Waals surface area contributed by atoms with Gasteiger partial charge in [-0.3, -0.25) is 4.72 Å².